The summed E-state index contributed by atoms with van der Waals surface area (Å²) in [6.45, 7) is 4.94. The first kappa shape index (κ1) is 19.5. The summed E-state index contributed by atoms with van der Waals surface area (Å²) < 4.78 is 31.7. The molecule has 1 aliphatic heterocycles. The van der Waals surface area contributed by atoms with Gasteiger partial charge in [0.05, 0.1) is 33.3 Å². The number of benzene rings is 2. The summed E-state index contributed by atoms with van der Waals surface area (Å²) in [6, 6.07) is 11.5. The minimum Gasteiger partial charge on any atom is -0.494 e. The van der Waals surface area contributed by atoms with Gasteiger partial charge >= 0.3 is 0 Å². The van der Waals surface area contributed by atoms with E-state index >= 15 is 0 Å². The number of rotatable bonds is 5. The standard InChI is InChI=1S/C20H23F2N3OS/c1-26-19-7-4-16(12-18(19)22)14-24-8-10-25(11-9-24)20(27)23-13-15-2-5-17(21)6-3-15/h2-7,12H,8-11,13-14H2,1H3,(H,23,27)/p+1. The zero-order valence-electron chi connectivity index (χ0n) is 15.3. The van der Waals surface area contributed by atoms with Crippen LogP contribution in [0.4, 0.5) is 8.78 Å². The summed E-state index contributed by atoms with van der Waals surface area (Å²) in [6.07, 6.45) is 0. The van der Waals surface area contributed by atoms with Gasteiger partial charge in [0, 0.05) is 12.1 Å². The van der Waals surface area contributed by atoms with Crippen LogP contribution in [0, 0.1) is 11.6 Å². The van der Waals surface area contributed by atoms with Crippen molar-refractivity contribution in [2.45, 2.75) is 13.1 Å². The first-order valence-electron chi connectivity index (χ1n) is 8.98. The maximum absolute atomic E-state index is 13.8. The fourth-order valence-electron chi connectivity index (χ4n) is 3.20. The molecule has 0 saturated carbocycles. The highest BCUT2D eigenvalue weighted by Crippen LogP contribution is 2.17. The van der Waals surface area contributed by atoms with Crippen molar-refractivity contribution in [1.29, 1.82) is 0 Å². The fourth-order valence-corrected chi connectivity index (χ4v) is 3.46. The molecule has 144 valence electrons. The fraction of sp³-hybridized carbons (Fsp3) is 0.350. The van der Waals surface area contributed by atoms with Crippen molar-refractivity contribution in [3.63, 3.8) is 0 Å². The van der Waals surface area contributed by atoms with Crippen molar-refractivity contribution in [3.05, 3.63) is 65.2 Å². The highest BCUT2D eigenvalue weighted by atomic mass is 32.1. The van der Waals surface area contributed by atoms with Crippen molar-refractivity contribution in [1.82, 2.24) is 10.2 Å². The Hall–Kier alpha value is -2.25. The second-order valence-corrected chi connectivity index (χ2v) is 7.05. The van der Waals surface area contributed by atoms with E-state index in [2.05, 4.69) is 10.2 Å². The van der Waals surface area contributed by atoms with Gasteiger partial charge in [0.15, 0.2) is 16.7 Å². The minimum atomic E-state index is -0.320. The Morgan fingerprint density at radius 3 is 2.41 bits per heavy atom. The monoisotopic (exact) mass is 392 g/mol. The molecule has 0 atom stereocenters. The van der Waals surface area contributed by atoms with Crippen molar-refractivity contribution < 1.29 is 18.4 Å². The van der Waals surface area contributed by atoms with Gasteiger partial charge in [-0.1, -0.05) is 12.1 Å². The molecule has 0 aliphatic carbocycles. The quantitative estimate of drug-likeness (QED) is 0.759. The van der Waals surface area contributed by atoms with Crippen LogP contribution >= 0.6 is 12.2 Å². The van der Waals surface area contributed by atoms with Crippen molar-refractivity contribution in [2.24, 2.45) is 0 Å². The molecule has 1 heterocycles. The second-order valence-electron chi connectivity index (χ2n) is 6.67. The van der Waals surface area contributed by atoms with E-state index in [-0.39, 0.29) is 17.4 Å². The number of methoxy groups -OCH3 is 1. The number of hydrogen-bond donors (Lipinski definition) is 2. The van der Waals surface area contributed by atoms with E-state index < -0.39 is 0 Å². The molecule has 0 spiro atoms. The number of halogens is 2. The first-order valence-corrected chi connectivity index (χ1v) is 9.39. The van der Waals surface area contributed by atoms with Gasteiger partial charge in [0.1, 0.15) is 12.4 Å². The average Bonchev–Trinajstić information content (AvgIpc) is 2.68. The Bertz CT molecular complexity index is 777. The second kappa shape index (κ2) is 9.10. The third kappa shape index (κ3) is 5.37. The largest absolute Gasteiger partial charge is 0.494 e. The third-order valence-corrected chi connectivity index (χ3v) is 5.19. The Morgan fingerprint density at radius 1 is 1.11 bits per heavy atom. The molecule has 7 heteroatoms. The number of nitrogens with one attached hydrogen (secondary N) is 2. The van der Waals surface area contributed by atoms with E-state index in [0.29, 0.717) is 11.7 Å². The molecule has 4 nitrogen and oxygen atoms in total. The summed E-state index contributed by atoms with van der Waals surface area (Å²) in [4.78, 5) is 3.55. The molecule has 1 saturated heterocycles. The lowest BCUT2D eigenvalue weighted by atomic mass is 10.2. The van der Waals surface area contributed by atoms with Gasteiger partial charge in [-0.2, -0.15) is 0 Å². The number of quaternary nitrogens is 1. The molecule has 0 aromatic heterocycles. The van der Waals surface area contributed by atoms with Crippen LogP contribution in [-0.2, 0) is 13.1 Å². The smallest absolute Gasteiger partial charge is 0.169 e. The number of hydrogen-bond acceptors (Lipinski definition) is 2. The van der Waals surface area contributed by atoms with E-state index in [1.807, 2.05) is 6.07 Å². The summed E-state index contributed by atoms with van der Waals surface area (Å²) >= 11 is 5.48. The molecule has 2 aromatic carbocycles. The van der Waals surface area contributed by atoms with Gasteiger partial charge in [0.25, 0.3) is 0 Å². The van der Waals surface area contributed by atoms with Crippen LogP contribution in [0.1, 0.15) is 11.1 Å². The van der Waals surface area contributed by atoms with Crippen molar-refractivity contribution in [3.8, 4) is 5.75 Å². The Labute approximate surface area is 163 Å². The summed E-state index contributed by atoms with van der Waals surface area (Å²) in [5.74, 6) is -0.285. The van der Waals surface area contributed by atoms with Gasteiger partial charge in [-0.05, 0) is 48.1 Å². The normalized spacial score (nSPS) is 14.9. The summed E-state index contributed by atoms with van der Waals surface area (Å²) in [5, 5.41) is 3.95. The van der Waals surface area contributed by atoms with E-state index in [0.717, 1.165) is 43.9 Å². The van der Waals surface area contributed by atoms with Gasteiger partial charge in [-0.25, -0.2) is 8.78 Å². The highest BCUT2D eigenvalue weighted by Gasteiger charge is 2.22. The summed E-state index contributed by atoms with van der Waals surface area (Å²) in [5.41, 5.74) is 1.96. The predicted octanol–water partition coefficient (Wildman–Crippen LogP) is 1.75. The molecule has 1 aliphatic rings. The minimum absolute atomic E-state index is 0.239. The first-order chi connectivity index (χ1) is 13.0. The molecule has 1 fully saturated rings. The number of thiocarbonyl (C=S) groups is 1. The van der Waals surface area contributed by atoms with Crippen LogP contribution in [-0.4, -0.2) is 43.3 Å². The molecular formula is C20H24F2N3OS+. The number of piperazine rings is 1. The van der Waals surface area contributed by atoms with E-state index in [4.69, 9.17) is 17.0 Å². The molecule has 0 bridgehead atoms. The van der Waals surface area contributed by atoms with E-state index in [9.17, 15) is 8.78 Å². The SMILES string of the molecule is COc1ccc(C[NH+]2CCN(C(=S)NCc3ccc(F)cc3)CC2)cc1F. The van der Waals surface area contributed by atoms with Crippen LogP contribution in [0.5, 0.6) is 5.75 Å². The van der Waals surface area contributed by atoms with Crippen LogP contribution in [0.25, 0.3) is 0 Å². The molecule has 0 unspecified atom stereocenters. The Balaban J connectivity index is 1.44. The number of nitrogens with zero attached hydrogens (tertiary/aromatic N) is 1. The van der Waals surface area contributed by atoms with Crippen LogP contribution < -0.4 is 15.0 Å². The highest BCUT2D eigenvalue weighted by molar-refractivity contribution is 7.80. The zero-order chi connectivity index (χ0) is 19.2. The average molecular weight is 392 g/mol. The lowest BCUT2D eigenvalue weighted by molar-refractivity contribution is -0.917. The topological polar surface area (TPSA) is 28.9 Å². The maximum atomic E-state index is 13.8. The molecule has 2 aromatic rings. The van der Waals surface area contributed by atoms with Crippen LogP contribution in [0.3, 0.4) is 0 Å². The lowest BCUT2D eigenvalue weighted by Crippen LogP contribution is -3.13. The summed E-state index contributed by atoms with van der Waals surface area (Å²) in [7, 11) is 1.47. The van der Waals surface area contributed by atoms with E-state index in [1.54, 1.807) is 24.3 Å². The van der Waals surface area contributed by atoms with Gasteiger partial charge in [0.2, 0.25) is 0 Å². The Kier molecular flexibility index (Phi) is 6.58. The molecular weight excluding hydrogens is 368 g/mol. The molecule has 27 heavy (non-hydrogen) atoms. The molecule has 3 rings (SSSR count). The van der Waals surface area contributed by atoms with Gasteiger partial charge < -0.3 is 19.9 Å². The lowest BCUT2D eigenvalue weighted by Gasteiger charge is -2.34. The van der Waals surface area contributed by atoms with Crippen molar-refractivity contribution in [2.75, 3.05) is 33.3 Å². The molecule has 0 amide bonds. The third-order valence-electron chi connectivity index (χ3n) is 4.79. The van der Waals surface area contributed by atoms with Crippen LogP contribution in [0.15, 0.2) is 42.5 Å². The number of ether oxygens (including phenoxy) is 1. The Morgan fingerprint density at radius 2 is 1.78 bits per heavy atom. The van der Waals surface area contributed by atoms with Crippen LogP contribution in [0.2, 0.25) is 0 Å². The maximum Gasteiger partial charge on any atom is 0.169 e. The van der Waals surface area contributed by atoms with Gasteiger partial charge in [-0.15, -0.1) is 0 Å². The predicted molar refractivity (Wildman–Crippen MR) is 105 cm³/mol. The van der Waals surface area contributed by atoms with Gasteiger partial charge in [-0.3, -0.25) is 0 Å². The zero-order valence-corrected chi connectivity index (χ0v) is 16.1. The molecule has 2 N–H and O–H groups in total. The molecule has 0 radical (unpaired) electrons. The van der Waals surface area contributed by atoms with E-state index in [1.165, 1.54) is 24.1 Å². The van der Waals surface area contributed by atoms with Crippen molar-refractivity contribution >= 4 is 17.3 Å².